The van der Waals surface area contributed by atoms with E-state index in [0.717, 1.165) is 13.0 Å². The molecule has 1 fully saturated rings. The Morgan fingerprint density at radius 1 is 1.24 bits per heavy atom. The molecule has 1 aliphatic rings. The number of nitrogens with one attached hydrogen (secondary N) is 1. The summed E-state index contributed by atoms with van der Waals surface area (Å²) in [6.07, 6.45) is 7.55. The molecule has 21 heavy (non-hydrogen) atoms. The zero-order valence-electron chi connectivity index (χ0n) is 12.7. The van der Waals surface area contributed by atoms with Crippen LogP contribution in [-0.4, -0.2) is 28.9 Å². The molecule has 3 rings (SSSR count). The molecule has 1 aromatic carbocycles. The fourth-order valence-electron chi connectivity index (χ4n) is 2.88. The van der Waals surface area contributed by atoms with E-state index in [1.54, 1.807) is 0 Å². The van der Waals surface area contributed by atoms with Crippen molar-refractivity contribution in [1.82, 2.24) is 9.78 Å². The van der Waals surface area contributed by atoms with Gasteiger partial charge in [-0.1, -0.05) is 6.07 Å². The fraction of sp³-hybridized carbons (Fsp3) is 0.471. The summed E-state index contributed by atoms with van der Waals surface area (Å²) in [5, 5.41) is 7.84. The number of rotatable bonds is 6. The van der Waals surface area contributed by atoms with Gasteiger partial charge in [-0.05, 0) is 50.5 Å². The summed E-state index contributed by atoms with van der Waals surface area (Å²) in [5.74, 6) is 0. The van der Waals surface area contributed by atoms with Crippen molar-refractivity contribution in [2.24, 2.45) is 0 Å². The van der Waals surface area contributed by atoms with Crippen molar-refractivity contribution in [2.75, 3.05) is 23.3 Å². The van der Waals surface area contributed by atoms with E-state index < -0.39 is 0 Å². The Balaban J connectivity index is 1.55. The predicted octanol–water partition coefficient (Wildman–Crippen LogP) is 3.37. The van der Waals surface area contributed by atoms with Crippen LogP contribution < -0.4 is 10.2 Å². The number of aryl methyl sites for hydroxylation is 1. The maximum atomic E-state index is 4.24. The van der Waals surface area contributed by atoms with Gasteiger partial charge in [0.2, 0.25) is 0 Å². The van der Waals surface area contributed by atoms with Crippen LogP contribution in [0.2, 0.25) is 0 Å². The van der Waals surface area contributed by atoms with E-state index in [9.17, 15) is 0 Å². The topological polar surface area (TPSA) is 33.1 Å². The number of anilines is 2. The first kappa shape index (κ1) is 14.0. The average molecular weight is 284 g/mol. The summed E-state index contributed by atoms with van der Waals surface area (Å²) in [5.41, 5.74) is 2.56. The first-order valence-electron chi connectivity index (χ1n) is 7.90. The molecule has 2 aromatic rings. The lowest BCUT2D eigenvalue weighted by atomic mass is 10.2. The lowest BCUT2D eigenvalue weighted by molar-refractivity contribution is 0.546. The van der Waals surface area contributed by atoms with Crippen LogP contribution in [0.3, 0.4) is 0 Å². The van der Waals surface area contributed by atoms with Gasteiger partial charge in [-0.15, -0.1) is 0 Å². The quantitative estimate of drug-likeness (QED) is 0.883. The van der Waals surface area contributed by atoms with E-state index in [0.29, 0.717) is 6.04 Å². The summed E-state index contributed by atoms with van der Waals surface area (Å²) >= 11 is 0. The van der Waals surface area contributed by atoms with Crippen LogP contribution in [0.5, 0.6) is 0 Å². The number of benzene rings is 1. The number of aromatic nitrogens is 2. The molecule has 0 bridgehead atoms. The van der Waals surface area contributed by atoms with Crippen molar-refractivity contribution >= 4 is 11.4 Å². The number of hydrogen-bond acceptors (Lipinski definition) is 3. The Hall–Kier alpha value is -1.97. The molecular weight excluding hydrogens is 260 g/mol. The summed E-state index contributed by atoms with van der Waals surface area (Å²) in [6, 6.07) is 11.2. The molecule has 0 saturated carbocycles. The maximum Gasteiger partial charge on any atom is 0.0489 e. The van der Waals surface area contributed by atoms with Gasteiger partial charge in [0, 0.05) is 49.4 Å². The van der Waals surface area contributed by atoms with Crippen molar-refractivity contribution in [3.05, 3.63) is 42.7 Å². The van der Waals surface area contributed by atoms with Crippen LogP contribution in [0.1, 0.15) is 26.2 Å². The highest BCUT2D eigenvalue weighted by Crippen LogP contribution is 2.23. The van der Waals surface area contributed by atoms with Crippen molar-refractivity contribution in [3.8, 4) is 0 Å². The van der Waals surface area contributed by atoms with Crippen LogP contribution in [-0.2, 0) is 6.54 Å². The highest BCUT2D eigenvalue weighted by atomic mass is 15.3. The SMILES string of the molecule is C[C@@H](CCn1cccn1)Nc1cccc(N2CCCC2)c1. The third-order valence-corrected chi connectivity index (χ3v) is 4.08. The minimum atomic E-state index is 0.433. The maximum absolute atomic E-state index is 4.24. The zero-order valence-corrected chi connectivity index (χ0v) is 12.7. The van der Waals surface area contributed by atoms with Crippen LogP contribution >= 0.6 is 0 Å². The van der Waals surface area contributed by atoms with Crippen molar-refractivity contribution in [1.29, 1.82) is 0 Å². The molecule has 0 unspecified atom stereocenters. The lowest BCUT2D eigenvalue weighted by Gasteiger charge is -2.20. The smallest absolute Gasteiger partial charge is 0.0489 e. The first-order chi connectivity index (χ1) is 10.3. The zero-order chi connectivity index (χ0) is 14.5. The molecule has 1 aromatic heterocycles. The molecule has 0 amide bonds. The van der Waals surface area contributed by atoms with Gasteiger partial charge >= 0.3 is 0 Å². The summed E-state index contributed by atoms with van der Waals surface area (Å²) in [6.45, 7) is 5.57. The van der Waals surface area contributed by atoms with Crippen molar-refractivity contribution < 1.29 is 0 Å². The van der Waals surface area contributed by atoms with Gasteiger partial charge in [0.25, 0.3) is 0 Å². The third kappa shape index (κ3) is 3.78. The van der Waals surface area contributed by atoms with E-state index in [2.05, 4.69) is 46.5 Å². The minimum Gasteiger partial charge on any atom is -0.382 e. The Bertz CT molecular complexity index is 544. The molecular formula is C17H24N4. The van der Waals surface area contributed by atoms with Gasteiger partial charge in [-0.25, -0.2) is 0 Å². The summed E-state index contributed by atoms with van der Waals surface area (Å²) in [7, 11) is 0. The lowest BCUT2D eigenvalue weighted by Crippen LogP contribution is -2.20. The second-order valence-electron chi connectivity index (χ2n) is 5.85. The molecule has 2 heterocycles. The number of nitrogens with zero attached hydrogens (tertiary/aromatic N) is 3. The average Bonchev–Trinajstić information content (AvgIpc) is 3.19. The van der Waals surface area contributed by atoms with Crippen LogP contribution in [0.25, 0.3) is 0 Å². The Kier molecular flexibility index (Phi) is 4.43. The van der Waals surface area contributed by atoms with Gasteiger partial charge in [0.05, 0.1) is 0 Å². The molecule has 4 heteroatoms. The first-order valence-corrected chi connectivity index (χ1v) is 7.90. The molecule has 1 N–H and O–H groups in total. The normalized spacial score (nSPS) is 16.1. The molecule has 1 atom stereocenters. The van der Waals surface area contributed by atoms with Crippen molar-refractivity contribution in [3.63, 3.8) is 0 Å². The standard InChI is InChI=1S/C17H24N4/c1-15(8-13-21-12-5-9-18-21)19-16-6-4-7-17(14-16)20-10-2-3-11-20/h4-7,9,12,14-15,19H,2-3,8,10-11,13H2,1H3/t15-/m0/s1. The van der Waals surface area contributed by atoms with E-state index in [4.69, 9.17) is 0 Å². The van der Waals surface area contributed by atoms with Crippen molar-refractivity contribution in [2.45, 2.75) is 38.8 Å². The molecule has 4 nitrogen and oxygen atoms in total. The number of hydrogen-bond donors (Lipinski definition) is 1. The van der Waals surface area contributed by atoms with Gasteiger partial charge < -0.3 is 10.2 Å². The molecule has 0 aliphatic carbocycles. The second-order valence-corrected chi connectivity index (χ2v) is 5.85. The molecule has 112 valence electrons. The van der Waals surface area contributed by atoms with E-state index in [1.807, 2.05) is 23.1 Å². The van der Waals surface area contributed by atoms with Gasteiger partial charge in [0.1, 0.15) is 0 Å². The van der Waals surface area contributed by atoms with Gasteiger partial charge in [-0.2, -0.15) is 5.10 Å². The largest absolute Gasteiger partial charge is 0.382 e. The monoisotopic (exact) mass is 284 g/mol. The Morgan fingerprint density at radius 2 is 2.10 bits per heavy atom. The van der Waals surface area contributed by atoms with Gasteiger partial charge in [0.15, 0.2) is 0 Å². The van der Waals surface area contributed by atoms with E-state index in [-0.39, 0.29) is 0 Å². The Morgan fingerprint density at radius 3 is 2.86 bits per heavy atom. The third-order valence-electron chi connectivity index (χ3n) is 4.08. The molecule has 0 spiro atoms. The second kappa shape index (κ2) is 6.66. The summed E-state index contributed by atoms with van der Waals surface area (Å²) in [4.78, 5) is 2.47. The molecule has 1 aliphatic heterocycles. The van der Waals surface area contributed by atoms with Crippen LogP contribution in [0.4, 0.5) is 11.4 Å². The van der Waals surface area contributed by atoms with Crippen LogP contribution in [0.15, 0.2) is 42.7 Å². The van der Waals surface area contributed by atoms with E-state index >= 15 is 0 Å². The highest BCUT2D eigenvalue weighted by Gasteiger charge is 2.12. The predicted molar refractivity (Wildman–Crippen MR) is 87.8 cm³/mol. The van der Waals surface area contributed by atoms with Gasteiger partial charge in [-0.3, -0.25) is 4.68 Å². The van der Waals surface area contributed by atoms with E-state index in [1.165, 1.54) is 37.3 Å². The highest BCUT2D eigenvalue weighted by molar-refractivity contribution is 5.58. The molecule has 0 radical (unpaired) electrons. The molecule has 1 saturated heterocycles. The van der Waals surface area contributed by atoms with Crippen LogP contribution in [0, 0.1) is 0 Å². The Labute approximate surface area is 126 Å². The summed E-state index contributed by atoms with van der Waals surface area (Å²) < 4.78 is 1.98. The minimum absolute atomic E-state index is 0.433. The fourth-order valence-corrected chi connectivity index (χ4v) is 2.88.